The van der Waals surface area contributed by atoms with Gasteiger partial charge in [-0.1, -0.05) is 57.7 Å². The van der Waals surface area contributed by atoms with Gasteiger partial charge in [0.05, 0.1) is 11.8 Å². The Bertz CT molecular complexity index is 1150. The number of carbonyl (C=O) groups is 2. The van der Waals surface area contributed by atoms with E-state index < -0.39 is 0 Å². The molecule has 0 aliphatic rings. The third-order valence-electron chi connectivity index (χ3n) is 5.38. The van der Waals surface area contributed by atoms with Crippen LogP contribution in [0.3, 0.4) is 0 Å². The van der Waals surface area contributed by atoms with Gasteiger partial charge in [-0.2, -0.15) is 0 Å². The van der Waals surface area contributed by atoms with Gasteiger partial charge in [-0.3, -0.25) is 9.59 Å². The van der Waals surface area contributed by atoms with Crippen LogP contribution in [0.4, 0.5) is 5.69 Å². The molecular weight excluding hydrogens is 561 g/mol. The summed E-state index contributed by atoms with van der Waals surface area (Å²) in [6.45, 7) is 8.27. The van der Waals surface area contributed by atoms with Crippen molar-refractivity contribution < 1.29 is 9.59 Å². The van der Waals surface area contributed by atoms with Crippen molar-refractivity contribution in [2.45, 2.75) is 44.8 Å². The molecule has 0 fully saturated rings. The molecule has 0 saturated heterocycles. The van der Waals surface area contributed by atoms with Crippen molar-refractivity contribution in [1.82, 2.24) is 20.1 Å². The normalized spacial score (nSPS) is 12.1. The molecule has 0 aliphatic carbocycles. The molecule has 0 spiro atoms. The molecule has 1 heterocycles. The van der Waals surface area contributed by atoms with Crippen molar-refractivity contribution >= 4 is 51.9 Å². The molecule has 2 N–H and O–H groups in total. The lowest BCUT2D eigenvalue weighted by Crippen LogP contribution is -2.33. The number of hydrogen-bond donors (Lipinski definition) is 2. The zero-order valence-electron chi connectivity index (χ0n) is 20.0. The van der Waals surface area contributed by atoms with Gasteiger partial charge in [-0.15, -0.1) is 10.2 Å². The predicted octanol–water partition coefficient (Wildman–Crippen LogP) is 5.40. The van der Waals surface area contributed by atoms with Gasteiger partial charge in [0.15, 0.2) is 11.0 Å². The molecule has 0 aliphatic heterocycles. The number of anilines is 1. The smallest absolute Gasteiger partial charge is 0.251 e. The molecule has 0 bridgehead atoms. The van der Waals surface area contributed by atoms with Crippen LogP contribution in [0.1, 0.15) is 61.4 Å². The first-order valence-electron chi connectivity index (χ1n) is 11.1. The maximum absolute atomic E-state index is 12.7. The number of rotatable bonds is 9. The minimum atomic E-state index is -0.311. The summed E-state index contributed by atoms with van der Waals surface area (Å²) in [5.74, 6) is 1.01. The Balaban J connectivity index is 1.67. The number of nitrogens with one attached hydrogen (secondary N) is 2. The van der Waals surface area contributed by atoms with E-state index in [2.05, 4.69) is 63.3 Å². The largest absolute Gasteiger partial charge is 0.342 e. The molecule has 9 heteroatoms. The fourth-order valence-corrected chi connectivity index (χ4v) is 4.74. The maximum Gasteiger partial charge on any atom is 0.251 e. The summed E-state index contributed by atoms with van der Waals surface area (Å²) >= 11 is 3.60. The second-order valence-corrected chi connectivity index (χ2v) is 10.9. The lowest BCUT2D eigenvalue weighted by molar-refractivity contribution is -0.113. The van der Waals surface area contributed by atoms with E-state index in [1.54, 1.807) is 12.1 Å². The average molecular weight is 592 g/mol. The highest BCUT2D eigenvalue weighted by Gasteiger charge is 2.25. The zero-order chi connectivity index (χ0) is 24.8. The molecule has 0 saturated carbocycles. The quantitative estimate of drug-likeness (QED) is 0.257. The number of hydrogen-bond acceptors (Lipinski definition) is 5. The van der Waals surface area contributed by atoms with Crippen molar-refractivity contribution in [1.29, 1.82) is 0 Å². The first-order valence-corrected chi connectivity index (χ1v) is 13.2. The summed E-state index contributed by atoms with van der Waals surface area (Å²) in [5.41, 5.74) is 2.54. The topological polar surface area (TPSA) is 88.9 Å². The third kappa shape index (κ3) is 6.59. The fraction of sp³-hybridized carbons (Fsp3) is 0.360. The third-order valence-corrected chi connectivity index (χ3v) is 7.07. The van der Waals surface area contributed by atoms with Crippen LogP contribution in [0.2, 0.25) is 0 Å². The van der Waals surface area contributed by atoms with Crippen LogP contribution in [0.25, 0.3) is 0 Å². The van der Waals surface area contributed by atoms with Crippen molar-refractivity contribution in [3.8, 4) is 0 Å². The SMILES string of the molecule is CC(C)c1cc(I)ccc1NC(=O)CSc1nnc([C@H](NC(=O)c2ccccc2)C(C)C)n1C. The highest BCUT2D eigenvalue weighted by Crippen LogP contribution is 2.27. The number of halogens is 1. The van der Waals surface area contributed by atoms with Gasteiger partial charge >= 0.3 is 0 Å². The molecule has 34 heavy (non-hydrogen) atoms. The average Bonchev–Trinajstić information content (AvgIpc) is 3.17. The van der Waals surface area contributed by atoms with Crippen LogP contribution in [0.5, 0.6) is 0 Å². The Morgan fingerprint density at radius 2 is 1.76 bits per heavy atom. The highest BCUT2D eigenvalue weighted by atomic mass is 127. The van der Waals surface area contributed by atoms with E-state index in [1.165, 1.54) is 11.8 Å². The Morgan fingerprint density at radius 3 is 2.41 bits per heavy atom. The Kier molecular flexibility index (Phi) is 9.12. The minimum absolute atomic E-state index is 0.101. The van der Waals surface area contributed by atoms with Crippen molar-refractivity contribution in [3.05, 3.63) is 69.1 Å². The van der Waals surface area contributed by atoms with E-state index in [0.717, 1.165) is 14.8 Å². The van der Waals surface area contributed by atoms with E-state index in [-0.39, 0.29) is 29.5 Å². The van der Waals surface area contributed by atoms with Crippen molar-refractivity contribution in [2.24, 2.45) is 13.0 Å². The molecule has 7 nitrogen and oxygen atoms in total. The molecule has 0 unspecified atom stereocenters. The lowest BCUT2D eigenvalue weighted by atomic mass is 10.0. The predicted molar refractivity (Wildman–Crippen MR) is 145 cm³/mol. The summed E-state index contributed by atoms with van der Waals surface area (Å²) in [6, 6.07) is 14.8. The first-order chi connectivity index (χ1) is 16.2. The monoisotopic (exact) mass is 591 g/mol. The zero-order valence-corrected chi connectivity index (χ0v) is 23.0. The number of carbonyl (C=O) groups excluding carboxylic acids is 2. The van der Waals surface area contributed by atoms with Gasteiger partial charge in [0.25, 0.3) is 5.91 Å². The molecule has 0 radical (unpaired) electrons. The molecule has 2 aromatic carbocycles. The Hall–Kier alpha value is -2.40. The summed E-state index contributed by atoms with van der Waals surface area (Å²) < 4.78 is 2.98. The van der Waals surface area contributed by atoms with Gasteiger partial charge in [0.2, 0.25) is 5.91 Å². The van der Waals surface area contributed by atoms with Crippen molar-refractivity contribution in [3.63, 3.8) is 0 Å². The minimum Gasteiger partial charge on any atom is -0.342 e. The summed E-state index contributed by atoms with van der Waals surface area (Å²) in [6.07, 6.45) is 0. The van der Waals surface area contributed by atoms with Gasteiger partial charge in [0.1, 0.15) is 0 Å². The number of thioether (sulfide) groups is 1. The fourth-order valence-electron chi connectivity index (χ4n) is 3.51. The summed E-state index contributed by atoms with van der Waals surface area (Å²) in [7, 11) is 1.86. The van der Waals surface area contributed by atoms with E-state index in [9.17, 15) is 9.59 Å². The summed E-state index contributed by atoms with van der Waals surface area (Å²) in [5, 5.41) is 15.3. The van der Waals surface area contributed by atoms with Gasteiger partial charge < -0.3 is 15.2 Å². The number of benzene rings is 2. The second kappa shape index (κ2) is 11.8. The molecule has 3 aromatic rings. The van der Waals surface area contributed by atoms with E-state index in [1.807, 2.05) is 55.8 Å². The second-order valence-electron chi connectivity index (χ2n) is 8.68. The molecule has 2 amide bonds. The molecule has 3 rings (SSSR count). The van der Waals surface area contributed by atoms with Crippen LogP contribution in [-0.4, -0.2) is 32.3 Å². The molecule has 180 valence electrons. The highest BCUT2D eigenvalue weighted by molar-refractivity contribution is 14.1. The van der Waals surface area contributed by atoms with Crippen molar-refractivity contribution in [2.75, 3.05) is 11.1 Å². The number of aromatic nitrogens is 3. The number of amides is 2. The molecule has 1 atom stereocenters. The van der Waals surface area contributed by atoms with Crippen LogP contribution in [0.15, 0.2) is 53.7 Å². The van der Waals surface area contributed by atoms with E-state index in [4.69, 9.17) is 0 Å². The lowest BCUT2D eigenvalue weighted by Gasteiger charge is -2.21. The summed E-state index contributed by atoms with van der Waals surface area (Å²) in [4.78, 5) is 25.4. The molecular formula is C25H30IN5O2S. The van der Waals surface area contributed by atoms with Crippen LogP contribution in [0, 0.1) is 9.49 Å². The molecule has 1 aromatic heterocycles. The van der Waals surface area contributed by atoms with E-state index in [0.29, 0.717) is 22.5 Å². The van der Waals surface area contributed by atoms with Gasteiger partial charge in [0, 0.05) is 21.9 Å². The first kappa shape index (κ1) is 26.2. The standard InChI is InChI=1S/C25H30IN5O2S/c1-15(2)19-13-18(26)11-12-20(19)27-21(32)14-34-25-30-29-23(31(25)5)22(16(3)4)28-24(33)17-9-7-6-8-10-17/h6-13,15-16,22H,14H2,1-5H3,(H,27,32)(H,28,33)/t22-/m1/s1. The van der Waals surface area contributed by atoms with Gasteiger partial charge in [-0.05, 0) is 70.3 Å². The Morgan fingerprint density at radius 1 is 1.06 bits per heavy atom. The Labute approximate surface area is 218 Å². The maximum atomic E-state index is 12.7. The van der Waals surface area contributed by atoms with Gasteiger partial charge in [-0.25, -0.2) is 0 Å². The van der Waals surface area contributed by atoms with Crippen LogP contribution in [-0.2, 0) is 11.8 Å². The van der Waals surface area contributed by atoms with Crippen LogP contribution < -0.4 is 10.6 Å². The number of nitrogens with zero attached hydrogens (tertiary/aromatic N) is 3. The van der Waals surface area contributed by atoms with E-state index >= 15 is 0 Å². The van der Waals surface area contributed by atoms with Crippen LogP contribution >= 0.6 is 34.4 Å².